The summed E-state index contributed by atoms with van der Waals surface area (Å²) in [7, 11) is 0. The molecule has 0 atom stereocenters. The summed E-state index contributed by atoms with van der Waals surface area (Å²) in [6.07, 6.45) is 1.88. The van der Waals surface area contributed by atoms with E-state index in [9.17, 15) is 4.39 Å². The van der Waals surface area contributed by atoms with Crippen molar-refractivity contribution in [2.45, 2.75) is 9.10 Å². The molecule has 0 aliphatic carbocycles. The van der Waals surface area contributed by atoms with Crippen LogP contribution in [0.25, 0.3) is 10.1 Å². The van der Waals surface area contributed by atoms with E-state index in [1.54, 1.807) is 6.07 Å². The van der Waals surface area contributed by atoms with E-state index in [-0.39, 0.29) is 5.82 Å². The number of benzene rings is 1. The largest absolute Gasteiger partial charge is 0.206 e. The Balaban J connectivity index is 2.82. The molecule has 0 fully saturated rings. The molecule has 0 N–H and O–H groups in total. The fraction of sp³-hybridized carbons (Fsp3) is 0.111. The van der Waals surface area contributed by atoms with E-state index in [1.165, 1.54) is 29.2 Å². The van der Waals surface area contributed by atoms with E-state index < -0.39 is 0 Å². The Labute approximate surface area is 89.6 Å². The first kappa shape index (κ1) is 9.37. The molecule has 1 aromatic carbocycles. The van der Waals surface area contributed by atoms with Gasteiger partial charge in [0, 0.05) is 0 Å². The van der Waals surface area contributed by atoms with Gasteiger partial charge >= 0.3 is 0 Å². The van der Waals surface area contributed by atoms with Crippen LogP contribution in [0.4, 0.5) is 4.39 Å². The van der Waals surface area contributed by atoms with Gasteiger partial charge in [0.25, 0.3) is 0 Å². The molecule has 1 heterocycles. The van der Waals surface area contributed by atoms with Crippen molar-refractivity contribution in [3.05, 3.63) is 24.0 Å². The van der Waals surface area contributed by atoms with Crippen molar-refractivity contribution >= 4 is 45.8 Å². The molecule has 0 saturated carbocycles. The Kier molecular flexibility index (Phi) is 2.53. The molecule has 0 bridgehead atoms. The lowest BCUT2D eigenvalue weighted by molar-refractivity contribution is 0.606. The predicted molar refractivity (Wildman–Crippen MR) is 60.8 cm³/mol. The Hall–Kier alpha value is -0.190. The van der Waals surface area contributed by atoms with Crippen molar-refractivity contribution in [1.29, 1.82) is 0 Å². The van der Waals surface area contributed by atoms with Gasteiger partial charge in [-0.1, -0.05) is 6.07 Å². The smallest absolute Gasteiger partial charge is 0.138 e. The normalized spacial score (nSPS) is 11.0. The Morgan fingerprint density at radius 2 is 2.23 bits per heavy atom. The van der Waals surface area contributed by atoms with Gasteiger partial charge in [0.05, 0.1) is 13.8 Å². The standard InChI is InChI=1S/C9H7FS3/c1-12-9-6(10)3-2-5-4-7(11)13-8(5)9/h2-4,11H,1H3. The molecular weight excluding hydrogens is 223 g/mol. The highest BCUT2D eigenvalue weighted by atomic mass is 32.2. The fourth-order valence-electron chi connectivity index (χ4n) is 1.23. The van der Waals surface area contributed by atoms with Gasteiger partial charge in [-0.2, -0.15) is 0 Å². The average molecular weight is 230 g/mol. The first-order valence-electron chi connectivity index (χ1n) is 3.67. The van der Waals surface area contributed by atoms with Crippen LogP contribution in [-0.2, 0) is 0 Å². The maximum absolute atomic E-state index is 13.3. The van der Waals surface area contributed by atoms with Gasteiger partial charge in [-0.3, -0.25) is 0 Å². The minimum absolute atomic E-state index is 0.143. The van der Waals surface area contributed by atoms with Crippen LogP contribution in [-0.4, -0.2) is 6.26 Å². The van der Waals surface area contributed by atoms with Crippen molar-refractivity contribution in [1.82, 2.24) is 0 Å². The van der Waals surface area contributed by atoms with Gasteiger partial charge in [-0.05, 0) is 23.8 Å². The molecule has 2 rings (SSSR count). The fourth-order valence-corrected chi connectivity index (χ4v) is 3.41. The van der Waals surface area contributed by atoms with Crippen LogP contribution in [0.5, 0.6) is 0 Å². The summed E-state index contributed by atoms with van der Waals surface area (Å²) < 4.78 is 15.2. The second kappa shape index (κ2) is 3.52. The van der Waals surface area contributed by atoms with E-state index in [4.69, 9.17) is 0 Å². The summed E-state index contributed by atoms with van der Waals surface area (Å²) in [6, 6.07) is 5.26. The summed E-state index contributed by atoms with van der Waals surface area (Å²) in [5.74, 6) is -0.143. The van der Waals surface area contributed by atoms with E-state index in [0.29, 0.717) is 0 Å². The topological polar surface area (TPSA) is 0 Å². The van der Waals surface area contributed by atoms with Crippen LogP contribution in [0.2, 0.25) is 0 Å². The molecule has 0 saturated heterocycles. The zero-order valence-electron chi connectivity index (χ0n) is 6.87. The van der Waals surface area contributed by atoms with Crippen molar-refractivity contribution in [3.63, 3.8) is 0 Å². The highest BCUT2D eigenvalue weighted by Crippen LogP contribution is 2.36. The van der Waals surface area contributed by atoms with E-state index >= 15 is 0 Å². The van der Waals surface area contributed by atoms with Crippen LogP contribution in [0.1, 0.15) is 0 Å². The van der Waals surface area contributed by atoms with Crippen molar-refractivity contribution in [2.24, 2.45) is 0 Å². The SMILES string of the molecule is CSc1c(F)ccc2cc(S)sc12. The second-order valence-electron chi connectivity index (χ2n) is 2.58. The predicted octanol–water partition coefficient (Wildman–Crippen LogP) is 4.05. The molecule has 2 aromatic rings. The highest BCUT2D eigenvalue weighted by molar-refractivity contribution is 7.99. The number of rotatable bonds is 1. The lowest BCUT2D eigenvalue weighted by Gasteiger charge is -1.99. The van der Waals surface area contributed by atoms with E-state index in [0.717, 1.165) is 19.2 Å². The molecule has 0 radical (unpaired) electrons. The number of thioether (sulfide) groups is 1. The summed E-state index contributed by atoms with van der Waals surface area (Å²) >= 11 is 7.21. The number of thiol groups is 1. The van der Waals surface area contributed by atoms with Gasteiger partial charge in [-0.15, -0.1) is 35.7 Å². The van der Waals surface area contributed by atoms with Gasteiger partial charge < -0.3 is 0 Å². The molecule has 13 heavy (non-hydrogen) atoms. The molecule has 0 spiro atoms. The van der Waals surface area contributed by atoms with Crippen LogP contribution >= 0.6 is 35.7 Å². The average Bonchev–Trinajstić information content (AvgIpc) is 2.45. The molecule has 0 aliphatic rings. The molecule has 0 amide bonds. The zero-order chi connectivity index (χ0) is 9.42. The molecular formula is C9H7FS3. The summed E-state index contributed by atoms with van der Waals surface area (Å²) in [6.45, 7) is 0. The Bertz CT molecular complexity index is 447. The number of hydrogen-bond donors (Lipinski definition) is 1. The number of thiophene rings is 1. The maximum atomic E-state index is 13.3. The Morgan fingerprint density at radius 1 is 1.46 bits per heavy atom. The minimum atomic E-state index is -0.143. The number of fused-ring (bicyclic) bond motifs is 1. The zero-order valence-corrected chi connectivity index (χ0v) is 9.40. The van der Waals surface area contributed by atoms with Gasteiger partial charge in [0.1, 0.15) is 5.82 Å². The Morgan fingerprint density at radius 3 is 2.92 bits per heavy atom. The first-order chi connectivity index (χ1) is 6.22. The second-order valence-corrected chi connectivity index (χ2v) is 5.24. The third kappa shape index (κ3) is 1.58. The third-order valence-electron chi connectivity index (χ3n) is 1.78. The van der Waals surface area contributed by atoms with Crippen LogP contribution in [0, 0.1) is 5.82 Å². The van der Waals surface area contributed by atoms with Crippen LogP contribution in [0.15, 0.2) is 27.3 Å². The number of halogens is 1. The lowest BCUT2D eigenvalue weighted by Crippen LogP contribution is -1.78. The molecule has 1 aromatic heterocycles. The lowest BCUT2D eigenvalue weighted by atomic mass is 10.2. The molecule has 0 nitrogen and oxygen atoms in total. The van der Waals surface area contributed by atoms with Crippen molar-refractivity contribution in [3.8, 4) is 0 Å². The quantitative estimate of drug-likeness (QED) is 0.569. The third-order valence-corrected chi connectivity index (χ3v) is 4.09. The number of hydrogen-bond acceptors (Lipinski definition) is 3. The van der Waals surface area contributed by atoms with Gasteiger partial charge in [0.15, 0.2) is 0 Å². The van der Waals surface area contributed by atoms with Crippen LogP contribution in [0.3, 0.4) is 0 Å². The first-order valence-corrected chi connectivity index (χ1v) is 6.16. The summed E-state index contributed by atoms with van der Waals surface area (Å²) in [5.41, 5.74) is 0. The van der Waals surface area contributed by atoms with Crippen molar-refractivity contribution < 1.29 is 4.39 Å². The molecule has 68 valence electrons. The maximum Gasteiger partial charge on any atom is 0.138 e. The van der Waals surface area contributed by atoms with Crippen LogP contribution < -0.4 is 0 Å². The van der Waals surface area contributed by atoms with E-state index in [2.05, 4.69) is 12.6 Å². The monoisotopic (exact) mass is 230 g/mol. The van der Waals surface area contributed by atoms with Gasteiger partial charge in [0.2, 0.25) is 0 Å². The molecule has 0 aliphatic heterocycles. The minimum Gasteiger partial charge on any atom is -0.206 e. The van der Waals surface area contributed by atoms with Gasteiger partial charge in [-0.25, -0.2) is 4.39 Å². The summed E-state index contributed by atoms with van der Waals surface area (Å²) in [4.78, 5) is 0.725. The molecule has 4 heteroatoms. The summed E-state index contributed by atoms with van der Waals surface area (Å²) in [5, 5.41) is 1.07. The highest BCUT2D eigenvalue weighted by Gasteiger charge is 2.08. The molecule has 0 unspecified atom stereocenters. The van der Waals surface area contributed by atoms with Crippen molar-refractivity contribution in [2.75, 3.05) is 6.26 Å². The van der Waals surface area contributed by atoms with E-state index in [1.807, 2.05) is 12.3 Å².